The highest BCUT2D eigenvalue weighted by Crippen LogP contribution is 2.22. The van der Waals surface area contributed by atoms with Gasteiger partial charge >= 0.3 is 0 Å². The van der Waals surface area contributed by atoms with Gasteiger partial charge in [0.2, 0.25) is 0 Å². The van der Waals surface area contributed by atoms with Crippen molar-refractivity contribution in [3.8, 4) is 6.07 Å². The Balaban J connectivity index is 2.10. The Hall–Kier alpha value is -3.40. The van der Waals surface area contributed by atoms with E-state index in [4.69, 9.17) is 5.26 Å². The molecule has 0 spiro atoms. The lowest BCUT2D eigenvalue weighted by molar-refractivity contribution is -0.384. The zero-order chi connectivity index (χ0) is 17.7. The normalized spacial score (nSPS) is 9.88. The first-order valence-electron chi connectivity index (χ1n) is 7.15. The molecule has 7 nitrogen and oxygen atoms in total. The van der Waals surface area contributed by atoms with Crippen molar-refractivity contribution < 1.29 is 9.72 Å². The number of carbonyl (C=O) groups is 1. The van der Waals surface area contributed by atoms with Crippen LogP contribution in [-0.2, 0) is 6.54 Å². The number of anilines is 1. The predicted molar refractivity (Wildman–Crippen MR) is 89.6 cm³/mol. The average Bonchev–Trinajstić information content (AvgIpc) is 2.59. The number of nitrogens with zero attached hydrogens (tertiary/aromatic N) is 3. The number of nitro benzene ring substituents is 1. The topological polar surface area (TPSA) is 99.3 Å². The van der Waals surface area contributed by atoms with Gasteiger partial charge in [0.25, 0.3) is 11.6 Å². The molecule has 2 aromatic carbocycles. The number of rotatable bonds is 5. The van der Waals surface area contributed by atoms with Gasteiger partial charge in [-0.15, -0.1) is 0 Å². The first-order chi connectivity index (χ1) is 11.4. The summed E-state index contributed by atoms with van der Waals surface area (Å²) in [5.41, 5.74) is 2.13. The van der Waals surface area contributed by atoms with E-state index in [2.05, 4.69) is 5.32 Å². The molecule has 1 N–H and O–H groups in total. The Morgan fingerprint density at radius 1 is 1.25 bits per heavy atom. The van der Waals surface area contributed by atoms with Gasteiger partial charge in [0, 0.05) is 38.3 Å². The maximum atomic E-state index is 11.8. The molecule has 0 bridgehead atoms. The number of non-ortho nitro benzene ring substituents is 1. The van der Waals surface area contributed by atoms with E-state index >= 15 is 0 Å². The summed E-state index contributed by atoms with van der Waals surface area (Å²) in [5, 5.41) is 22.9. The van der Waals surface area contributed by atoms with E-state index in [0.29, 0.717) is 17.8 Å². The van der Waals surface area contributed by atoms with E-state index in [1.54, 1.807) is 26.2 Å². The molecule has 0 heterocycles. The summed E-state index contributed by atoms with van der Waals surface area (Å²) < 4.78 is 0. The Labute approximate surface area is 139 Å². The van der Waals surface area contributed by atoms with Crippen LogP contribution in [-0.4, -0.2) is 29.8 Å². The molecule has 7 heteroatoms. The molecule has 24 heavy (non-hydrogen) atoms. The van der Waals surface area contributed by atoms with Crippen LogP contribution < -0.4 is 5.32 Å². The van der Waals surface area contributed by atoms with Crippen LogP contribution in [0.15, 0.2) is 42.5 Å². The summed E-state index contributed by atoms with van der Waals surface area (Å²) in [6, 6.07) is 13.2. The van der Waals surface area contributed by atoms with Crippen molar-refractivity contribution in [3.05, 3.63) is 69.3 Å². The summed E-state index contributed by atoms with van der Waals surface area (Å²) in [6.07, 6.45) is 0. The highest BCUT2D eigenvalue weighted by molar-refractivity contribution is 5.93. The maximum Gasteiger partial charge on any atom is 0.270 e. The lowest BCUT2D eigenvalue weighted by atomic mass is 10.1. The second-order valence-electron chi connectivity index (χ2n) is 5.35. The Kier molecular flexibility index (Phi) is 5.12. The molecular weight excluding hydrogens is 308 g/mol. The molecule has 0 aliphatic carbocycles. The Morgan fingerprint density at radius 2 is 1.92 bits per heavy atom. The van der Waals surface area contributed by atoms with Crippen LogP contribution in [0.5, 0.6) is 0 Å². The van der Waals surface area contributed by atoms with E-state index in [9.17, 15) is 14.9 Å². The number of carbonyl (C=O) groups excluding carboxylic acids is 1. The van der Waals surface area contributed by atoms with Gasteiger partial charge in [0.1, 0.15) is 6.07 Å². The second-order valence-corrected chi connectivity index (χ2v) is 5.35. The molecule has 0 aliphatic rings. The van der Waals surface area contributed by atoms with Gasteiger partial charge in [-0.2, -0.15) is 5.26 Å². The third kappa shape index (κ3) is 3.87. The number of nitrogens with one attached hydrogen (secondary N) is 1. The number of nitriles is 1. The van der Waals surface area contributed by atoms with Crippen molar-refractivity contribution in [1.82, 2.24) is 4.90 Å². The van der Waals surface area contributed by atoms with Gasteiger partial charge in [-0.3, -0.25) is 14.9 Å². The van der Waals surface area contributed by atoms with Gasteiger partial charge in [0.05, 0.1) is 16.2 Å². The highest BCUT2D eigenvalue weighted by atomic mass is 16.6. The Bertz CT molecular complexity index is 808. The summed E-state index contributed by atoms with van der Waals surface area (Å²) in [4.78, 5) is 23.5. The fourth-order valence-corrected chi connectivity index (χ4v) is 2.11. The summed E-state index contributed by atoms with van der Waals surface area (Å²) in [5.74, 6) is -0.0726. The summed E-state index contributed by atoms with van der Waals surface area (Å²) in [6.45, 7) is 0.433. The summed E-state index contributed by atoms with van der Waals surface area (Å²) >= 11 is 0. The number of nitro groups is 1. The minimum absolute atomic E-state index is 0.0726. The molecule has 0 fully saturated rings. The van der Waals surface area contributed by atoms with Crippen molar-refractivity contribution in [2.45, 2.75) is 6.54 Å². The van der Waals surface area contributed by atoms with Crippen LogP contribution in [0.1, 0.15) is 21.5 Å². The molecule has 0 saturated carbocycles. The fourth-order valence-electron chi connectivity index (χ4n) is 2.11. The Morgan fingerprint density at radius 3 is 2.46 bits per heavy atom. The van der Waals surface area contributed by atoms with Crippen molar-refractivity contribution in [1.29, 1.82) is 5.26 Å². The zero-order valence-electron chi connectivity index (χ0n) is 13.3. The molecule has 0 aromatic heterocycles. The molecule has 0 atom stereocenters. The minimum atomic E-state index is -0.537. The van der Waals surface area contributed by atoms with Crippen molar-refractivity contribution >= 4 is 17.3 Å². The minimum Gasteiger partial charge on any atom is -0.380 e. The van der Waals surface area contributed by atoms with Crippen LogP contribution >= 0.6 is 0 Å². The van der Waals surface area contributed by atoms with Gasteiger partial charge in [-0.05, 0) is 23.8 Å². The van der Waals surface area contributed by atoms with E-state index in [1.807, 2.05) is 18.2 Å². The van der Waals surface area contributed by atoms with Crippen LogP contribution in [0.4, 0.5) is 11.4 Å². The van der Waals surface area contributed by atoms with Gasteiger partial charge in [-0.1, -0.05) is 12.1 Å². The van der Waals surface area contributed by atoms with Gasteiger partial charge in [0.15, 0.2) is 0 Å². The van der Waals surface area contributed by atoms with Gasteiger partial charge < -0.3 is 10.2 Å². The van der Waals surface area contributed by atoms with Crippen LogP contribution in [0.25, 0.3) is 0 Å². The SMILES string of the molecule is CN(C)C(=O)c1ccc(CNc2ccc([N+](=O)[O-])cc2C#N)cc1. The molecule has 2 aromatic rings. The lowest BCUT2D eigenvalue weighted by Crippen LogP contribution is -2.21. The lowest BCUT2D eigenvalue weighted by Gasteiger charge is -2.11. The predicted octanol–water partition coefficient (Wildman–Crippen LogP) is 2.78. The molecule has 0 saturated heterocycles. The molecule has 1 amide bonds. The average molecular weight is 324 g/mol. The molecule has 122 valence electrons. The molecule has 0 radical (unpaired) electrons. The van der Waals surface area contributed by atoms with E-state index in [1.165, 1.54) is 23.1 Å². The van der Waals surface area contributed by atoms with Gasteiger partial charge in [-0.25, -0.2) is 0 Å². The van der Waals surface area contributed by atoms with Crippen molar-refractivity contribution in [2.75, 3.05) is 19.4 Å². The standard InChI is InChI=1S/C17H16N4O3/c1-20(2)17(22)13-5-3-12(4-6-13)11-19-16-8-7-15(21(23)24)9-14(16)10-18/h3-9,19H,11H2,1-2H3. The van der Waals surface area contributed by atoms with Crippen LogP contribution in [0, 0.1) is 21.4 Å². The third-order valence-corrected chi connectivity index (χ3v) is 3.42. The smallest absolute Gasteiger partial charge is 0.270 e. The molecule has 0 aliphatic heterocycles. The number of benzene rings is 2. The molecule has 2 rings (SSSR count). The molecular formula is C17H16N4O3. The fraction of sp³-hybridized carbons (Fsp3) is 0.176. The molecule has 0 unspecified atom stereocenters. The van der Waals surface area contributed by atoms with E-state index < -0.39 is 4.92 Å². The monoisotopic (exact) mass is 324 g/mol. The number of hydrogen-bond donors (Lipinski definition) is 1. The third-order valence-electron chi connectivity index (χ3n) is 3.42. The van der Waals surface area contributed by atoms with Crippen molar-refractivity contribution in [2.24, 2.45) is 0 Å². The van der Waals surface area contributed by atoms with E-state index in [-0.39, 0.29) is 17.2 Å². The first-order valence-corrected chi connectivity index (χ1v) is 7.15. The zero-order valence-corrected chi connectivity index (χ0v) is 13.3. The largest absolute Gasteiger partial charge is 0.380 e. The van der Waals surface area contributed by atoms with E-state index in [0.717, 1.165) is 5.56 Å². The summed E-state index contributed by atoms with van der Waals surface area (Å²) in [7, 11) is 3.38. The highest BCUT2D eigenvalue weighted by Gasteiger charge is 2.11. The van der Waals surface area contributed by atoms with Crippen molar-refractivity contribution in [3.63, 3.8) is 0 Å². The number of amides is 1. The second kappa shape index (κ2) is 7.24. The van der Waals surface area contributed by atoms with Crippen LogP contribution in [0.3, 0.4) is 0 Å². The number of hydrogen-bond acceptors (Lipinski definition) is 5. The maximum absolute atomic E-state index is 11.8. The first kappa shape index (κ1) is 17.0. The van der Waals surface area contributed by atoms with Crippen LogP contribution in [0.2, 0.25) is 0 Å². The quantitative estimate of drug-likeness (QED) is 0.673.